The summed E-state index contributed by atoms with van der Waals surface area (Å²) in [5, 5.41) is 11.4. The van der Waals surface area contributed by atoms with Crippen molar-refractivity contribution in [2.24, 2.45) is 0 Å². The van der Waals surface area contributed by atoms with Gasteiger partial charge in [-0.05, 0) is 14.0 Å². The Bertz CT molecular complexity index is 59.0. The second kappa shape index (κ2) is 6.01. The maximum absolute atomic E-state index is 8.49. The van der Waals surface area contributed by atoms with Crippen LogP contribution in [-0.4, -0.2) is 38.0 Å². The van der Waals surface area contributed by atoms with Crippen molar-refractivity contribution in [3.05, 3.63) is 0 Å². The first-order valence-electron chi connectivity index (χ1n) is 3.18. The van der Waals surface area contributed by atoms with Crippen LogP contribution in [0, 0.1) is 0 Å². The highest BCUT2D eigenvalue weighted by Gasteiger charge is 1.96. The minimum Gasteiger partial charge on any atom is -0.394 e. The molecule has 1 unspecified atom stereocenters. The van der Waals surface area contributed by atoms with E-state index in [1.165, 1.54) is 0 Å². The Morgan fingerprint density at radius 1 is 1.67 bits per heavy atom. The molecule has 0 saturated carbocycles. The molecule has 56 valence electrons. The molecule has 0 spiro atoms. The van der Waals surface area contributed by atoms with Crippen molar-refractivity contribution in [2.75, 3.05) is 26.8 Å². The molecule has 0 radical (unpaired) electrons. The number of hydrogen-bond donors (Lipinski definition) is 2. The van der Waals surface area contributed by atoms with Gasteiger partial charge in [-0.1, -0.05) is 0 Å². The molecule has 0 aliphatic heterocycles. The summed E-state index contributed by atoms with van der Waals surface area (Å²) in [5.74, 6) is 0. The van der Waals surface area contributed by atoms with Gasteiger partial charge in [0.05, 0.1) is 19.3 Å². The third-order valence-corrected chi connectivity index (χ3v) is 1.01. The monoisotopic (exact) mass is 133 g/mol. The predicted molar refractivity (Wildman–Crippen MR) is 36.4 cm³/mol. The van der Waals surface area contributed by atoms with Gasteiger partial charge >= 0.3 is 0 Å². The highest BCUT2D eigenvalue weighted by atomic mass is 16.5. The summed E-state index contributed by atoms with van der Waals surface area (Å²) in [6.45, 7) is 3.45. The van der Waals surface area contributed by atoms with Crippen LogP contribution in [0.15, 0.2) is 0 Å². The van der Waals surface area contributed by atoms with Crippen molar-refractivity contribution in [1.82, 2.24) is 5.32 Å². The van der Waals surface area contributed by atoms with E-state index < -0.39 is 0 Å². The van der Waals surface area contributed by atoms with Gasteiger partial charge in [-0.2, -0.15) is 0 Å². The van der Waals surface area contributed by atoms with E-state index in [0.717, 1.165) is 6.54 Å². The summed E-state index contributed by atoms with van der Waals surface area (Å²) in [5.41, 5.74) is 0. The fourth-order valence-corrected chi connectivity index (χ4v) is 0.415. The van der Waals surface area contributed by atoms with Crippen LogP contribution in [0.25, 0.3) is 0 Å². The maximum atomic E-state index is 8.49. The summed E-state index contributed by atoms with van der Waals surface area (Å²) in [6.07, 6.45) is -0.0293. The molecule has 0 rings (SSSR count). The highest BCUT2D eigenvalue weighted by molar-refractivity contribution is 4.45. The van der Waals surface area contributed by atoms with E-state index in [1.807, 2.05) is 14.0 Å². The van der Waals surface area contributed by atoms with Gasteiger partial charge in [0.15, 0.2) is 0 Å². The topological polar surface area (TPSA) is 41.5 Å². The number of hydrogen-bond acceptors (Lipinski definition) is 3. The molecule has 0 bridgehead atoms. The summed E-state index contributed by atoms with van der Waals surface area (Å²) in [7, 11) is 1.87. The zero-order valence-electron chi connectivity index (χ0n) is 6.05. The van der Waals surface area contributed by atoms with E-state index in [0.29, 0.717) is 6.61 Å². The molecule has 3 nitrogen and oxygen atoms in total. The van der Waals surface area contributed by atoms with Crippen LogP contribution in [0.2, 0.25) is 0 Å². The standard InChI is InChI=1S/C6H15NO2/c1-6(5-8)9-4-3-7-2/h6-8H,3-5H2,1-2H3. The number of likely N-dealkylation sites (N-methyl/N-ethyl adjacent to an activating group) is 1. The first-order chi connectivity index (χ1) is 4.31. The Kier molecular flexibility index (Phi) is 5.93. The predicted octanol–water partition coefficient (Wildman–Crippen LogP) is -0.397. The molecule has 3 heteroatoms. The van der Waals surface area contributed by atoms with Crippen LogP contribution < -0.4 is 5.32 Å². The van der Waals surface area contributed by atoms with E-state index >= 15 is 0 Å². The second-order valence-electron chi connectivity index (χ2n) is 1.97. The van der Waals surface area contributed by atoms with Crippen LogP contribution >= 0.6 is 0 Å². The first kappa shape index (κ1) is 8.88. The quantitative estimate of drug-likeness (QED) is 0.501. The Hall–Kier alpha value is -0.120. The average molecular weight is 133 g/mol. The van der Waals surface area contributed by atoms with Gasteiger partial charge in [-0.15, -0.1) is 0 Å². The summed E-state index contributed by atoms with van der Waals surface area (Å²) < 4.78 is 5.12. The van der Waals surface area contributed by atoms with Gasteiger partial charge in [-0.25, -0.2) is 0 Å². The molecule has 0 aromatic carbocycles. The zero-order chi connectivity index (χ0) is 7.11. The minimum atomic E-state index is -0.0293. The fraction of sp³-hybridized carbons (Fsp3) is 1.00. The Morgan fingerprint density at radius 3 is 2.78 bits per heavy atom. The molecule has 0 aromatic heterocycles. The molecule has 0 aliphatic rings. The summed E-state index contributed by atoms with van der Waals surface area (Å²) >= 11 is 0. The SMILES string of the molecule is CNCCOC(C)CO. The first-order valence-corrected chi connectivity index (χ1v) is 3.18. The largest absolute Gasteiger partial charge is 0.394 e. The number of nitrogens with one attached hydrogen (secondary N) is 1. The molecule has 0 saturated heterocycles. The van der Waals surface area contributed by atoms with Gasteiger partial charge in [0.1, 0.15) is 0 Å². The van der Waals surface area contributed by atoms with Gasteiger partial charge in [0.2, 0.25) is 0 Å². The van der Waals surface area contributed by atoms with Crippen LogP contribution in [0.3, 0.4) is 0 Å². The molecule has 1 atom stereocenters. The lowest BCUT2D eigenvalue weighted by molar-refractivity contribution is 0.0273. The van der Waals surface area contributed by atoms with E-state index in [4.69, 9.17) is 9.84 Å². The lowest BCUT2D eigenvalue weighted by Crippen LogP contribution is -2.20. The number of aliphatic hydroxyl groups is 1. The number of ether oxygens (including phenoxy) is 1. The lowest BCUT2D eigenvalue weighted by atomic mass is 10.4. The van der Waals surface area contributed by atoms with Crippen molar-refractivity contribution in [3.63, 3.8) is 0 Å². The van der Waals surface area contributed by atoms with Gasteiger partial charge in [0, 0.05) is 6.54 Å². The van der Waals surface area contributed by atoms with E-state index in [-0.39, 0.29) is 12.7 Å². The third kappa shape index (κ3) is 5.76. The smallest absolute Gasteiger partial charge is 0.0778 e. The fourth-order valence-electron chi connectivity index (χ4n) is 0.415. The van der Waals surface area contributed by atoms with E-state index in [9.17, 15) is 0 Å². The van der Waals surface area contributed by atoms with Crippen LogP contribution in [0.1, 0.15) is 6.92 Å². The van der Waals surface area contributed by atoms with Gasteiger partial charge < -0.3 is 15.2 Å². The van der Waals surface area contributed by atoms with Crippen LogP contribution in [0.4, 0.5) is 0 Å². The van der Waals surface area contributed by atoms with E-state index in [2.05, 4.69) is 5.32 Å². The molecule has 2 N–H and O–H groups in total. The molecule has 0 heterocycles. The summed E-state index contributed by atoms with van der Waals surface area (Å²) in [6, 6.07) is 0. The van der Waals surface area contributed by atoms with Crippen molar-refractivity contribution in [3.8, 4) is 0 Å². The normalized spacial score (nSPS) is 13.7. The summed E-state index contributed by atoms with van der Waals surface area (Å²) in [4.78, 5) is 0. The Labute approximate surface area is 56.0 Å². The third-order valence-electron chi connectivity index (χ3n) is 1.01. The number of rotatable bonds is 5. The minimum absolute atomic E-state index is 0.0293. The Morgan fingerprint density at radius 2 is 2.33 bits per heavy atom. The maximum Gasteiger partial charge on any atom is 0.0778 e. The average Bonchev–Trinajstić information content (AvgIpc) is 1.89. The van der Waals surface area contributed by atoms with Gasteiger partial charge in [0.25, 0.3) is 0 Å². The van der Waals surface area contributed by atoms with Crippen molar-refractivity contribution < 1.29 is 9.84 Å². The Balaban J connectivity index is 2.88. The van der Waals surface area contributed by atoms with Crippen molar-refractivity contribution in [2.45, 2.75) is 13.0 Å². The molecule has 0 fully saturated rings. The molecule has 0 aliphatic carbocycles. The molecular formula is C6H15NO2. The second-order valence-corrected chi connectivity index (χ2v) is 1.97. The molecular weight excluding hydrogens is 118 g/mol. The van der Waals surface area contributed by atoms with E-state index in [1.54, 1.807) is 0 Å². The molecule has 0 aromatic rings. The van der Waals surface area contributed by atoms with Crippen LogP contribution in [0.5, 0.6) is 0 Å². The lowest BCUT2D eigenvalue weighted by Gasteiger charge is -2.08. The number of aliphatic hydroxyl groups excluding tert-OH is 1. The zero-order valence-corrected chi connectivity index (χ0v) is 6.05. The van der Waals surface area contributed by atoms with Gasteiger partial charge in [-0.3, -0.25) is 0 Å². The van der Waals surface area contributed by atoms with Crippen molar-refractivity contribution >= 4 is 0 Å². The van der Waals surface area contributed by atoms with Crippen molar-refractivity contribution in [1.29, 1.82) is 0 Å². The van der Waals surface area contributed by atoms with Crippen LogP contribution in [-0.2, 0) is 4.74 Å². The highest BCUT2D eigenvalue weighted by Crippen LogP contribution is 1.85. The molecule has 9 heavy (non-hydrogen) atoms. The molecule has 0 amide bonds.